The molecule has 1 aromatic carbocycles. The quantitative estimate of drug-likeness (QED) is 0.778. The first-order valence-electron chi connectivity index (χ1n) is 5.61. The van der Waals surface area contributed by atoms with Gasteiger partial charge in [-0.3, -0.25) is 4.74 Å². The Morgan fingerprint density at radius 2 is 1.95 bits per heavy atom. The van der Waals surface area contributed by atoms with Gasteiger partial charge in [-0.1, -0.05) is 6.07 Å². The van der Waals surface area contributed by atoms with Crippen molar-refractivity contribution in [1.29, 1.82) is 0 Å². The van der Waals surface area contributed by atoms with Crippen molar-refractivity contribution < 1.29 is 27.4 Å². The Morgan fingerprint density at radius 1 is 1.21 bits per heavy atom. The highest BCUT2D eigenvalue weighted by Gasteiger charge is 2.28. The summed E-state index contributed by atoms with van der Waals surface area (Å²) < 4.78 is 49.3. The fraction of sp³-hybridized carbons (Fsp3) is 0.500. The molecule has 4 nitrogen and oxygen atoms in total. The molecule has 0 fully saturated rings. The number of methoxy groups -OCH3 is 1. The van der Waals surface area contributed by atoms with E-state index in [0.29, 0.717) is 18.0 Å². The fourth-order valence-electron chi connectivity index (χ4n) is 1.44. The molecule has 0 spiro atoms. The van der Waals surface area contributed by atoms with Gasteiger partial charge in [0.1, 0.15) is 18.1 Å². The van der Waals surface area contributed by atoms with Crippen molar-refractivity contribution in [1.82, 2.24) is 5.32 Å². The molecule has 0 aliphatic rings. The molecule has 19 heavy (non-hydrogen) atoms. The standard InChI is InChI=1S/C12H16F3NO3/c1-16-8-9-3-4-10(17-2)7-11(9)18-5-6-19-12(13,14)15/h3-4,7,16H,5-6,8H2,1-2H3. The summed E-state index contributed by atoms with van der Waals surface area (Å²) >= 11 is 0. The average molecular weight is 279 g/mol. The van der Waals surface area contributed by atoms with E-state index in [0.717, 1.165) is 5.56 Å². The van der Waals surface area contributed by atoms with E-state index in [4.69, 9.17) is 9.47 Å². The average Bonchev–Trinajstić information content (AvgIpc) is 2.35. The maximum Gasteiger partial charge on any atom is 0.522 e. The van der Waals surface area contributed by atoms with Crippen LogP contribution in [0.5, 0.6) is 11.5 Å². The lowest BCUT2D eigenvalue weighted by atomic mass is 10.2. The van der Waals surface area contributed by atoms with Crippen molar-refractivity contribution in [2.24, 2.45) is 0 Å². The molecule has 1 rings (SSSR count). The summed E-state index contributed by atoms with van der Waals surface area (Å²) in [7, 11) is 3.27. The molecular formula is C12H16F3NO3. The highest BCUT2D eigenvalue weighted by molar-refractivity contribution is 5.40. The third-order valence-corrected chi connectivity index (χ3v) is 2.25. The Balaban J connectivity index is 2.59. The van der Waals surface area contributed by atoms with E-state index in [9.17, 15) is 13.2 Å². The van der Waals surface area contributed by atoms with E-state index in [1.54, 1.807) is 25.2 Å². The summed E-state index contributed by atoms with van der Waals surface area (Å²) in [5.41, 5.74) is 0.829. The minimum atomic E-state index is -4.63. The molecule has 0 atom stereocenters. The first-order chi connectivity index (χ1) is 8.96. The molecule has 7 heteroatoms. The van der Waals surface area contributed by atoms with Gasteiger partial charge in [0.2, 0.25) is 0 Å². The van der Waals surface area contributed by atoms with Crippen LogP contribution in [0.15, 0.2) is 18.2 Å². The fourth-order valence-corrected chi connectivity index (χ4v) is 1.44. The molecule has 0 radical (unpaired) electrons. The van der Waals surface area contributed by atoms with E-state index in [1.165, 1.54) is 7.11 Å². The Bertz CT molecular complexity index is 396. The summed E-state index contributed by atoms with van der Waals surface area (Å²) in [5, 5.41) is 2.94. The molecule has 0 bridgehead atoms. The van der Waals surface area contributed by atoms with Gasteiger partial charge in [0, 0.05) is 18.2 Å². The van der Waals surface area contributed by atoms with E-state index in [2.05, 4.69) is 10.1 Å². The zero-order chi connectivity index (χ0) is 14.3. The van der Waals surface area contributed by atoms with Crippen molar-refractivity contribution in [3.8, 4) is 11.5 Å². The van der Waals surface area contributed by atoms with Gasteiger partial charge in [-0.05, 0) is 13.1 Å². The predicted molar refractivity (Wildman–Crippen MR) is 63.3 cm³/mol. The summed E-state index contributed by atoms with van der Waals surface area (Å²) in [5.74, 6) is 1.05. The van der Waals surface area contributed by atoms with Crippen LogP contribution in [0.2, 0.25) is 0 Å². The lowest BCUT2D eigenvalue weighted by Gasteiger charge is -2.13. The van der Waals surface area contributed by atoms with Crippen LogP contribution in [0.4, 0.5) is 13.2 Å². The molecule has 0 aliphatic heterocycles. The summed E-state index contributed by atoms with van der Waals surface area (Å²) in [6, 6.07) is 5.17. The zero-order valence-electron chi connectivity index (χ0n) is 10.7. The number of halogens is 3. The maximum atomic E-state index is 11.8. The SMILES string of the molecule is CNCc1ccc(OC)cc1OCCOC(F)(F)F. The molecule has 1 aromatic rings. The second kappa shape index (κ2) is 7.20. The topological polar surface area (TPSA) is 39.7 Å². The van der Waals surface area contributed by atoms with Crippen LogP contribution < -0.4 is 14.8 Å². The molecule has 0 aromatic heterocycles. The number of benzene rings is 1. The normalized spacial score (nSPS) is 11.4. The lowest BCUT2D eigenvalue weighted by molar-refractivity contribution is -0.325. The molecule has 0 amide bonds. The Kier molecular flexibility index (Phi) is 5.91. The Hall–Kier alpha value is -1.47. The Labute approximate surface area is 109 Å². The smallest absolute Gasteiger partial charge is 0.497 e. The predicted octanol–water partition coefficient (Wildman–Crippen LogP) is 2.33. The summed E-state index contributed by atoms with van der Waals surface area (Å²) in [6.45, 7) is -0.206. The van der Waals surface area contributed by atoms with Crippen LogP contribution in [-0.2, 0) is 11.3 Å². The van der Waals surface area contributed by atoms with Gasteiger partial charge in [-0.25, -0.2) is 0 Å². The Morgan fingerprint density at radius 3 is 2.53 bits per heavy atom. The second-order valence-electron chi connectivity index (χ2n) is 3.65. The van der Waals surface area contributed by atoms with Crippen molar-refractivity contribution in [3.05, 3.63) is 23.8 Å². The van der Waals surface area contributed by atoms with Crippen LogP contribution in [0.25, 0.3) is 0 Å². The van der Waals surface area contributed by atoms with Gasteiger partial charge in [-0.2, -0.15) is 0 Å². The van der Waals surface area contributed by atoms with Crippen molar-refractivity contribution in [3.63, 3.8) is 0 Å². The van der Waals surface area contributed by atoms with Gasteiger partial charge >= 0.3 is 6.36 Å². The maximum absolute atomic E-state index is 11.8. The third-order valence-electron chi connectivity index (χ3n) is 2.25. The van der Waals surface area contributed by atoms with Gasteiger partial charge < -0.3 is 14.8 Å². The van der Waals surface area contributed by atoms with E-state index in [1.807, 2.05) is 0 Å². The number of ether oxygens (including phenoxy) is 3. The molecule has 0 aliphatic carbocycles. The van der Waals surface area contributed by atoms with Gasteiger partial charge in [0.25, 0.3) is 0 Å². The van der Waals surface area contributed by atoms with E-state index < -0.39 is 13.0 Å². The minimum Gasteiger partial charge on any atom is -0.497 e. The largest absolute Gasteiger partial charge is 0.522 e. The monoisotopic (exact) mass is 279 g/mol. The molecule has 0 saturated heterocycles. The van der Waals surface area contributed by atoms with Gasteiger partial charge in [0.05, 0.1) is 13.7 Å². The molecule has 108 valence electrons. The van der Waals surface area contributed by atoms with Crippen LogP contribution in [-0.4, -0.2) is 33.7 Å². The third kappa shape index (κ3) is 5.80. The van der Waals surface area contributed by atoms with Crippen molar-refractivity contribution in [2.75, 3.05) is 27.4 Å². The lowest BCUT2D eigenvalue weighted by Crippen LogP contribution is -2.18. The highest BCUT2D eigenvalue weighted by Crippen LogP contribution is 2.25. The summed E-state index contributed by atoms with van der Waals surface area (Å²) in [6.07, 6.45) is -4.63. The highest BCUT2D eigenvalue weighted by atomic mass is 19.4. The van der Waals surface area contributed by atoms with Gasteiger partial charge in [0.15, 0.2) is 0 Å². The van der Waals surface area contributed by atoms with Crippen LogP contribution >= 0.6 is 0 Å². The zero-order valence-corrected chi connectivity index (χ0v) is 10.7. The first kappa shape index (κ1) is 15.6. The molecule has 0 heterocycles. The van der Waals surface area contributed by atoms with Crippen LogP contribution in [0.3, 0.4) is 0 Å². The van der Waals surface area contributed by atoms with Crippen molar-refractivity contribution >= 4 is 0 Å². The summed E-state index contributed by atoms with van der Waals surface area (Å²) in [4.78, 5) is 0. The number of hydrogen-bond acceptors (Lipinski definition) is 4. The van der Waals surface area contributed by atoms with Gasteiger partial charge in [-0.15, -0.1) is 13.2 Å². The molecule has 0 saturated carbocycles. The molecule has 0 unspecified atom stereocenters. The number of nitrogens with one attached hydrogen (secondary N) is 1. The van der Waals surface area contributed by atoms with E-state index >= 15 is 0 Å². The number of alkyl halides is 3. The van der Waals surface area contributed by atoms with E-state index in [-0.39, 0.29) is 6.61 Å². The van der Waals surface area contributed by atoms with Crippen LogP contribution in [0.1, 0.15) is 5.56 Å². The second-order valence-corrected chi connectivity index (χ2v) is 3.65. The minimum absolute atomic E-state index is 0.191. The number of rotatable bonds is 7. The molecular weight excluding hydrogens is 263 g/mol. The van der Waals surface area contributed by atoms with Crippen molar-refractivity contribution in [2.45, 2.75) is 12.9 Å². The first-order valence-corrected chi connectivity index (χ1v) is 5.61. The van der Waals surface area contributed by atoms with Crippen LogP contribution in [0, 0.1) is 0 Å². The number of hydrogen-bond donors (Lipinski definition) is 1. The molecule has 1 N–H and O–H groups in total.